The molecule has 49 heavy (non-hydrogen) atoms. The molecule has 3 heterocycles. The zero-order valence-electron chi connectivity index (χ0n) is 27.3. The van der Waals surface area contributed by atoms with E-state index in [1.54, 1.807) is 42.7 Å². The van der Waals surface area contributed by atoms with Crippen LogP contribution >= 0.6 is 0 Å². The van der Waals surface area contributed by atoms with Crippen molar-refractivity contribution >= 4 is 33.9 Å². The Balaban J connectivity index is 1.07. The number of rotatable bonds is 14. The molecule has 0 aliphatic heterocycles. The summed E-state index contributed by atoms with van der Waals surface area (Å²) < 4.78 is 10.9. The molecule has 6 N–H and O–H groups in total. The van der Waals surface area contributed by atoms with E-state index in [4.69, 9.17) is 10.2 Å². The Morgan fingerprint density at radius 2 is 1.51 bits per heavy atom. The van der Waals surface area contributed by atoms with Crippen molar-refractivity contribution in [2.45, 2.75) is 44.6 Å². The molecule has 6 aromatic rings. The van der Waals surface area contributed by atoms with Crippen molar-refractivity contribution < 1.29 is 18.7 Å². The van der Waals surface area contributed by atoms with Gasteiger partial charge in [-0.15, -0.1) is 0 Å². The first-order valence-electron chi connectivity index (χ1n) is 16.4. The van der Waals surface area contributed by atoms with Gasteiger partial charge in [-0.25, -0.2) is 14.8 Å². The number of carbonyl (C=O) groups excluding carboxylic acids is 2. The molecule has 1 atom stereocenters. The number of benzene rings is 3. The van der Waals surface area contributed by atoms with Crippen LogP contribution in [0.5, 0.6) is 0 Å². The summed E-state index contributed by atoms with van der Waals surface area (Å²) in [5.74, 6) is 1.40. The minimum Gasteiger partial charge on any atom is -0.456 e. The maximum absolute atomic E-state index is 13.5. The fraction of sp³-hybridized carbons (Fsp3) is 0.270. The molecule has 0 fully saturated rings. The molecule has 252 valence electrons. The van der Waals surface area contributed by atoms with Crippen LogP contribution in [0.3, 0.4) is 0 Å². The van der Waals surface area contributed by atoms with E-state index in [0.29, 0.717) is 53.4 Å². The van der Waals surface area contributed by atoms with Gasteiger partial charge in [0, 0.05) is 30.5 Å². The fourth-order valence-electron chi connectivity index (χ4n) is 5.75. The highest BCUT2D eigenvalue weighted by atomic mass is 16.5. The van der Waals surface area contributed by atoms with Gasteiger partial charge in [-0.1, -0.05) is 36.4 Å². The summed E-state index contributed by atoms with van der Waals surface area (Å²) in [4.78, 5) is 53.9. The number of unbranched alkanes of at least 4 members (excludes halogenated alkanes) is 2. The number of H-pyrrole nitrogens is 2. The smallest absolute Gasteiger partial charge is 0.407 e. The van der Waals surface area contributed by atoms with E-state index in [9.17, 15) is 14.4 Å². The van der Waals surface area contributed by atoms with E-state index in [-0.39, 0.29) is 11.3 Å². The van der Waals surface area contributed by atoms with Gasteiger partial charge in [0.1, 0.15) is 28.9 Å². The zero-order valence-corrected chi connectivity index (χ0v) is 27.3. The summed E-state index contributed by atoms with van der Waals surface area (Å²) in [5, 5.41) is 6.48. The van der Waals surface area contributed by atoms with Crippen molar-refractivity contribution in [3.63, 3.8) is 0 Å². The van der Waals surface area contributed by atoms with Crippen molar-refractivity contribution in [1.29, 1.82) is 0 Å². The molecule has 0 saturated carbocycles. The van der Waals surface area contributed by atoms with Crippen LogP contribution in [0.4, 0.5) is 4.79 Å². The molecule has 0 aliphatic carbocycles. The number of nitrogens with two attached hydrogens (primary N) is 1. The van der Waals surface area contributed by atoms with Gasteiger partial charge in [-0.3, -0.25) is 9.59 Å². The molecule has 0 radical (unpaired) electrons. The molecule has 12 heteroatoms. The fourth-order valence-corrected chi connectivity index (χ4v) is 5.75. The van der Waals surface area contributed by atoms with Gasteiger partial charge < -0.3 is 35.5 Å². The largest absolute Gasteiger partial charge is 0.456 e. The summed E-state index contributed by atoms with van der Waals surface area (Å²) in [5.41, 5.74) is 10.6. The number of aryl methyl sites for hydroxylation is 2. The molecule has 2 amide bonds. The second-order valence-electron chi connectivity index (χ2n) is 11.8. The lowest BCUT2D eigenvalue weighted by Crippen LogP contribution is -2.40. The molecular formula is C37H39N7O5. The second-order valence-corrected chi connectivity index (χ2v) is 11.8. The monoisotopic (exact) mass is 661 g/mol. The lowest BCUT2D eigenvalue weighted by molar-refractivity contribution is -0.123. The Morgan fingerprint density at radius 3 is 2.20 bits per heavy atom. The van der Waals surface area contributed by atoms with E-state index < -0.39 is 12.1 Å². The highest BCUT2D eigenvalue weighted by Gasteiger charge is 2.22. The van der Waals surface area contributed by atoms with Gasteiger partial charge in [-0.05, 0) is 68.1 Å². The minimum absolute atomic E-state index is 0.102. The number of carbonyl (C=O) groups is 2. The van der Waals surface area contributed by atoms with Crippen LogP contribution in [0, 0.1) is 0 Å². The number of alkyl carbamates (subject to hydrolysis) is 1. The minimum atomic E-state index is -0.853. The zero-order chi connectivity index (χ0) is 34.2. The van der Waals surface area contributed by atoms with Crippen molar-refractivity contribution in [3.8, 4) is 22.5 Å². The lowest BCUT2D eigenvalue weighted by atomic mass is 10.1. The van der Waals surface area contributed by atoms with Crippen LogP contribution in [-0.2, 0) is 22.4 Å². The highest BCUT2D eigenvalue weighted by molar-refractivity contribution is 5.93. The molecule has 3 aromatic heterocycles. The number of imidazole rings is 2. The Bertz CT molecular complexity index is 2120. The van der Waals surface area contributed by atoms with Crippen LogP contribution in [0.2, 0.25) is 0 Å². The first kappa shape index (κ1) is 33.2. The molecule has 1 unspecified atom stereocenters. The number of hydrogen-bond acceptors (Lipinski definition) is 8. The van der Waals surface area contributed by atoms with E-state index in [0.717, 1.165) is 59.8 Å². The van der Waals surface area contributed by atoms with E-state index in [2.05, 4.69) is 35.3 Å². The molecule has 0 spiro atoms. The predicted octanol–water partition coefficient (Wildman–Crippen LogP) is 5.54. The molecule has 0 aliphatic rings. The number of nitrogens with zero attached hydrogens (tertiary/aromatic N) is 2. The van der Waals surface area contributed by atoms with Gasteiger partial charge in [-0.2, -0.15) is 0 Å². The summed E-state index contributed by atoms with van der Waals surface area (Å²) in [6.45, 7) is 1.10. The van der Waals surface area contributed by atoms with Gasteiger partial charge in [0.25, 0.3) is 0 Å². The SMILES string of the molecule is COC(=O)NC(C(=O)NCCCCc1ncc(-c2ccc3oc4cc(-c5cnc(CCCCN)[nH]5)ccc4c(=O)c3c2)[nH]1)c1ccccc1. The van der Waals surface area contributed by atoms with Gasteiger partial charge in [0.05, 0.1) is 41.7 Å². The standard InChI is InChI=1S/C37H39N7O5/c1-48-37(47)44-34(23-9-3-2-4-10-23)36(46)39-18-8-6-12-33-40-21-28(42-33)24-14-16-30-27(19-24)35(45)26-15-13-25(20-31(26)49-30)29-22-41-32(43-29)11-5-7-17-38/h2-4,9-10,13-16,19-22,34H,5-8,11-12,17-18,38H2,1H3,(H,39,46)(H,40,42)(H,41,43)(H,44,47). The first-order valence-corrected chi connectivity index (χ1v) is 16.4. The third-order valence-electron chi connectivity index (χ3n) is 8.40. The third kappa shape index (κ3) is 7.87. The van der Waals surface area contributed by atoms with E-state index >= 15 is 0 Å². The Labute approximate surface area is 282 Å². The third-order valence-corrected chi connectivity index (χ3v) is 8.40. The van der Waals surface area contributed by atoms with Crippen LogP contribution in [0.25, 0.3) is 44.5 Å². The first-order chi connectivity index (χ1) is 23.9. The van der Waals surface area contributed by atoms with Crippen molar-refractivity contribution in [3.05, 3.63) is 107 Å². The summed E-state index contributed by atoms with van der Waals surface area (Å²) in [7, 11) is 1.26. The number of aromatic nitrogens is 4. The number of ether oxygens (including phenoxy) is 1. The quantitative estimate of drug-likeness (QED) is 0.0745. The van der Waals surface area contributed by atoms with E-state index in [1.165, 1.54) is 7.11 Å². The van der Waals surface area contributed by atoms with Gasteiger partial charge in [0.2, 0.25) is 11.3 Å². The number of fused-ring (bicyclic) bond motifs is 2. The number of aromatic amines is 2. The van der Waals surface area contributed by atoms with Crippen LogP contribution in [-0.4, -0.2) is 52.1 Å². The summed E-state index contributed by atoms with van der Waals surface area (Å²) in [6.07, 6.45) is 7.79. The Hall–Kier alpha value is -5.75. The van der Waals surface area contributed by atoms with Crippen LogP contribution < -0.4 is 21.8 Å². The molecule has 0 bridgehead atoms. The van der Waals surface area contributed by atoms with Gasteiger partial charge in [0.15, 0.2) is 0 Å². The average Bonchev–Trinajstić information content (AvgIpc) is 3.81. The maximum Gasteiger partial charge on any atom is 0.407 e. The Morgan fingerprint density at radius 1 is 0.837 bits per heavy atom. The topological polar surface area (TPSA) is 181 Å². The molecule has 6 rings (SSSR count). The average molecular weight is 662 g/mol. The van der Waals surface area contributed by atoms with Crippen molar-refractivity contribution in [1.82, 2.24) is 30.6 Å². The number of hydrogen-bond donors (Lipinski definition) is 5. The normalized spacial score (nSPS) is 11.9. The van der Waals surface area contributed by atoms with Crippen LogP contribution in [0.1, 0.15) is 48.9 Å². The lowest BCUT2D eigenvalue weighted by Gasteiger charge is -2.18. The highest BCUT2D eigenvalue weighted by Crippen LogP contribution is 2.27. The number of methoxy groups -OCH3 is 1. The van der Waals surface area contributed by atoms with Gasteiger partial charge >= 0.3 is 6.09 Å². The summed E-state index contributed by atoms with van der Waals surface area (Å²) in [6, 6.07) is 19.3. The van der Waals surface area contributed by atoms with Crippen LogP contribution in [0.15, 0.2) is 88.3 Å². The molecule has 12 nitrogen and oxygen atoms in total. The predicted molar refractivity (Wildman–Crippen MR) is 188 cm³/mol. The summed E-state index contributed by atoms with van der Waals surface area (Å²) >= 11 is 0. The van der Waals surface area contributed by atoms with E-state index in [1.807, 2.05) is 36.4 Å². The van der Waals surface area contributed by atoms with Crippen molar-refractivity contribution in [2.24, 2.45) is 5.73 Å². The Kier molecular flexibility index (Phi) is 10.4. The molecule has 0 saturated heterocycles. The second kappa shape index (κ2) is 15.4. The maximum atomic E-state index is 13.5. The molecular weight excluding hydrogens is 622 g/mol. The number of nitrogens with one attached hydrogen (secondary N) is 4. The molecule has 3 aromatic carbocycles. The van der Waals surface area contributed by atoms with Crippen molar-refractivity contribution in [2.75, 3.05) is 20.2 Å². The number of amides is 2.